The summed E-state index contributed by atoms with van der Waals surface area (Å²) in [6.07, 6.45) is 6.91. The topological polar surface area (TPSA) is 41.4 Å². The molecule has 2 aromatic heterocycles. The Balaban J connectivity index is 1.39. The van der Waals surface area contributed by atoms with Gasteiger partial charge in [-0.2, -0.15) is 0 Å². The highest BCUT2D eigenvalue weighted by atomic mass is 79.9. The van der Waals surface area contributed by atoms with Crippen molar-refractivity contribution in [3.8, 4) is 0 Å². The van der Waals surface area contributed by atoms with Crippen LogP contribution in [0.3, 0.4) is 0 Å². The molecule has 0 radical (unpaired) electrons. The summed E-state index contributed by atoms with van der Waals surface area (Å²) in [6.45, 7) is 2.45. The maximum absolute atomic E-state index is 15.3. The van der Waals surface area contributed by atoms with E-state index in [0.717, 1.165) is 71.1 Å². The van der Waals surface area contributed by atoms with Gasteiger partial charge in [-0.1, -0.05) is 6.08 Å². The number of nitrogens with zero attached hydrogens (tertiary/aromatic N) is 4. The lowest BCUT2D eigenvalue weighted by molar-refractivity contribution is 0.0827. The highest BCUT2D eigenvalue weighted by Crippen LogP contribution is 2.45. The molecule has 5 nitrogen and oxygen atoms in total. The van der Waals surface area contributed by atoms with E-state index in [1.54, 1.807) is 14.1 Å². The molecular weight excluding hydrogens is 483 g/mol. The molecule has 1 aliphatic heterocycles. The van der Waals surface area contributed by atoms with Crippen LogP contribution in [-0.4, -0.2) is 52.4 Å². The smallest absolute Gasteiger partial charge is 0.253 e. The van der Waals surface area contributed by atoms with Crippen molar-refractivity contribution < 1.29 is 9.18 Å². The Labute approximate surface area is 202 Å². The number of benzene rings is 1. The number of halogens is 2. The summed E-state index contributed by atoms with van der Waals surface area (Å²) in [5.41, 5.74) is 5.41. The normalized spacial score (nSPS) is 16.8. The maximum atomic E-state index is 15.3. The molecule has 1 aliphatic carbocycles. The number of amides is 1. The third-order valence-electron chi connectivity index (χ3n) is 6.77. The number of rotatable bonds is 5. The molecule has 1 amide bonds. The van der Waals surface area contributed by atoms with Gasteiger partial charge in [0.1, 0.15) is 11.5 Å². The molecule has 7 heteroatoms. The SMILES string of the molecule is CN(C)C(=O)c1cc(F)c(C2=CCN(Cc3cc4c(Br)ccnc4n3C)CC2)c(C2CC2)c1. The summed E-state index contributed by atoms with van der Waals surface area (Å²) in [7, 11) is 5.46. The fourth-order valence-electron chi connectivity index (χ4n) is 4.77. The third-order valence-corrected chi connectivity index (χ3v) is 7.46. The van der Waals surface area contributed by atoms with E-state index >= 15 is 4.39 Å². The van der Waals surface area contributed by atoms with Gasteiger partial charge in [0.15, 0.2) is 0 Å². The zero-order valence-corrected chi connectivity index (χ0v) is 20.8. The summed E-state index contributed by atoms with van der Waals surface area (Å²) in [5.74, 6) is -0.0544. The molecule has 0 spiro atoms. The summed E-state index contributed by atoms with van der Waals surface area (Å²) < 4.78 is 18.5. The number of pyridine rings is 1. The average Bonchev–Trinajstić information content (AvgIpc) is 3.59. The Morgan fingerprint density at radius 1 is 1.27 bits per heavy atom. The maximum Gasteiger partial charge on any atom is 0.253 e. The minimum atomic E-state index is -0.270. The summed E-state index contributed by atoms with van der Waals surface area (Å²) in [6, 6.07) is 7.49. The Morgan fingerprint density at radius 3 is 2.70 bits per heavy atom. The number of carbonyl (C=O) groups excluding carboxylic acids is 1. The zero-order valence-electron chi connectivity index (χ0n) is 19.2. The molecule has 2 aliphatic rings. The van der Waals surface area contributed by atoms with Crippen LogP contribution in [0.4, 0.5) is 4.39 Å². The van der Waals surface area contributed by atoms with Crippen molar-refractivity contribution in [3.05, 3.63) is 69.2 Å². The molecule has 0 bridgehead atoms. The Hall–Kier alpha value is -2.51. The third kappa shape index (κ3) is 4.24. The van der Waals surface area contributed by atoms with Crippen molar-refractivity contribution in [2.45, 2.75) is 31.7 Å². The molecule has 3 aromatic rings. The average molecular weight is 511 g/mol. The van der Waals surface area contributed by atoms with Crippen molar-refractivity contribution in [3.63, 3.8) is 0 Å². The van der Waals surface area contributed by atoms with Crippen LogP contribution in [0, 0.1) is 5.82 Å². The Kier molecular flexibility index (Phi) is 5.87. The molecule has 0 saturated heterocycles. The van der Waals surface area contributed by atoms with E-state index < -0.39 is 0 Å². The van der Waals surface area contributed by atoms with E-state index in [-0.39, 0.29) is 11.7 Å². The van der Waals surface area contributed by atoms with Gasteiger partial charge in [0.2, 0.25) is 0 Å². The van der Waals surface area contributed by atoms with Crippen LogP contribution >= 0.6 is 15.9 Å². The van der Waals surface area contributed by atoms with Crippen LogP contribution in [0.25, 0.3) is 16.6 Å². The molecule has 3 heterocycles. The largest absolute Gasteiger partial charge is 0.345 e. The van der Waals surface area contributed by atoms with Gasteiger partial charge in [-0.25, -0.2) is 9.37 Å². The minimum absolute atomic E-state index is 0.151. The first-order valence-electron chi connectivity index (χ1n) is 11.4. The molecule has 1 aromatic carbocycles. The first-order valence-corrected chi connectivity index (χ1v) is 12.2. The number of aromatic nitrogens is 2. The first-order chi connectivity index (χ1) is 15.8. The van der Waals surface area contributed by atoms with Crippen molar-refractivity contribution >= 4 is 38.4 Å². The van der Waals surface area contributed by atoms with Crippen molar-refractivity contribution in [1.29, 1.82) is 0 Å². The fraction of sp³-hybridized carbons (Fsp3) is 0.385. The Morgan fingerprint density at radius 2 is 2.06 bits per heavy atom. The standard InChI is InChI=1S/C26H28BrFN4O/c1-30(2)26(33)18-12-20(16-4-5-16)24(23(28)13-18)17-7-10-32(11-8-17)15-19-14-21-22(27)6-9-29-25(21)31(19)3/h6-7,9,12-14,16H,4-5,8,10-11,15H2,1-3H3. The van der Waals surface area contributed by atoms with E-state index in [9.17, 15) is 4.79 Å². The van der Waals surface area contributed by atoms with E-state index in [1.165, 1.54) is 16.7 Å². The fourth-order valence-corrected chi connectivity index (χ4v) is 5.18. The van der Waals surface area contributed by atoms with Crippen LogP contribution in [0.5, 0.6) is 0 Å². The van der Waals surface area contributed by atoms with Gasteiger partial charge >= 0.3 is 0 Å². The predicted octanol–water partition coefficient (Wildman–Crippen LogP) is 5.34. The van der Waals surface area contributed by atoms with E-state index in [2.05, 4.69) is 49.6 Å². The van der Waals surface area contributed by atoms with Crippen LogP contribution in [0.15, 0.2) is 41.0 Å². The van der Waals surface area contributed by atoms with Gasteiger partial charge in [0.05, 0.1) is 0 Å². The van der Waals surface area contributed by atoms with Crippen LogP contribution in [-0.2, 0) is 13.6 Å². The predicted molar refractivity (Wildman–Crippen MR) is 133 cm³/mol. The molecule has 172 valence electrons. The van der Waals surface area contributed by atoms with E-state index in [4.69, 9.17) is 0 Å². The monoisotopic (exact) mass is 510 g/mol. The lowest BCUT2D eigenvalue weighted by atomic mass is 9.90. The molecule has 0 unspecified atom stereocenters. The number of aryl methyl sites for hydroxylation is 1. The quantitative estimate of drug-likeness (QED) is 0.464. The van der Waals surface area contributed by atoms with Crippen LogP contribution in [0.2, 0.25) is 0 Å². The van der Waals surface area contributed by atoms with Crippen molar-refractivity contribution in [2.75, 3.05) is 27.2 Å². The summed E-state index contributed by atoms with van der Waals surface area (Å²) in [5, 5.41) is 1.12. The lowest BCUT2D eigenvalue weighted by Crippen LogP contribution is -2.29. The van der Waals surface area contributed by atoms with Crippen LogP contribution < -0.4 is 0 Å². The number of hydrogen-bond donors (Lipinski definition) is 0. The highest BCUT2D eigenvalue weighted by molar-refractivity contribution is 9.10. The summed E-state index contributed by atoms with van der Waals surface area (Å²) in [4.78, 5) is 20.8. The molecule has 0 N–H and O–H groups in total. The minimum Gasteiger partial charge on any atom is -0.345 e. The van der Waals surface area contributed by atoms with Gasteiger partial charge in [0, 0.05) is 73.7 Å². The molecule has 0 atom stereocenters. The second-order valence-corrected chi connectivity index (χ2v) is 10.2. The van der Waals surface area contributed by atoms with Crippen LogP contribution in [0.1, 0.15) is 52.4 Å². The van der Waals surface area contributed by atoms with Crippen molar-refractivity contribution in [1.82, 2.24) is 19.4 Å². The van der Waals surface area contributed by atoms with E-state index in [1.807, 2.05) is 18.3 Å². The number of hydrogen-bond acceptors (Lipinski definition) is 3. The number of fused-ring (bicyclic) bond motifs is 1. The first kappa shape index (κ1) is 22.3. The molecule has 1 saturated carbocycles. The Bertz CT molecular complexity index is 1280. The van der Waals surface area contributed by atoms with E-state index in [0.29, 0.717) is 11.5 Å². The zero-order chi connectivity index (χ0) is 23.3. The number of carbonyl (C=O) groups is 1. The molecular formula is C26H28BrFN4O. The molecule has 5 rings (SSSR count). The van der Waals surface area contributed by atoms with Gasteiger partial charge in [-0.05, 0) is 76.5 Å². The van der Waals surface area contributed by atoms with Gasteiger partial charge < -0.3 is 9.47 Å². The summed E-state index contributed by atoms with van der Waals surface area (Å²) >= 11 is 3.62. The van der Waals surface area contributed by atoms with Gasteiger partial charge in [-0.3, -0.25) is 9.69 Å². The highest BCUT2D eigenvalue weighted by Gasteiger charge is 2.31. The second kappa shape index (κ2) is 8.69. The lowest BCUT2D eigenvalue weighted by Gasteiger charge is -2.28. The van der Waals surface area contributed by atoms with Gasteiger partial charge in [0.25, 0.3) is 5.91 Å². The second-order valence-electron chi connectivity index (χ2n) is 9.34. The van der Waals surface area contributed by atoms with Gasteiger partial charge in [-0.15, -0.1) is 0 Å². The van der Waals surface area contributed by atoms with Crippen molar-refractivity contribution in [2.24, 2.45) is 7.05 Å². The molecule has 1 fully saturated rings. The molecule has 33 heavy (non-hydrogen) atoms.